The minimum atomic E-state index is -0.636. The van der Waals surface area contributed by atoms with E-state index in [0.717, 1.165) is 4.90 Å². The van der Waals surface area contributed by atoms with Gasteiger partial charge in [-0.05, 0) is 36.4 Å². The maximum Gasteiger partial charge on any atom is 0.279 e. The molecule has 1 unspecified atom stereocenters. The van der Waals surface area contributed by atoms with Crippen molar-refractivity contribution < 1.29 is 14.5 Å². The average Bonchev–Trinajstić information content (AvgIpc) is 2.66. The summed E-state index contributed by atoms with van der Waals surface area (Å²) in [5, 5.41) is 3.79. The van der Waals surface area contributed by atoms with E-state index in [0.29, 0.717) is 27.4 Å². The number of rotatable bonds is 7. The van der Waals surface area contributed by atoms with E-state index in [4.69, 9.17) is 17.3 Å². The molecule has 3 aromatic rings. The number of primary amides is 1. The zero-order chi connectivity index (χ0) is 21.0. The molecule has 0 saturated carbocycles. The highest BCUT2D eigenvalue weighted by Gasteiger charge is 2.18. The summed E-state index contributed by atoms with van der Waals surface area (Å²) in [4.78, 5) is 41.8. The maximum atomic E-state index is 12.8. The van der Waals surface area contributed by atoms with Gasteiger partial charge in [-0.1, -0.05) is 23.7 Å². The molecule has 150 valence electrons. The maximum absolute atomic E-state index is 12.8. The Hall–Kier alpha value is -3.23. The second-order valence-electron chi connectivity index (χ2n) is 6.77. The van der Waals surface area contributed by atoms with Crippen LogP contribution in [0.2, 0.25) is 5.02 Å². The molecule has 0 aliphatic heterocycles. The summed E-state index contributed by atoms with van der Waals surface area (Å²) < 4.78 is 1.27. The van der Waals surface area contributed by atoms with E-state index in [2.05, 4.69) is 10.3 Å². The third kappa shape index (κ3) is 5.18. The van der Waals surface area contributed by atoms with E-state index in [1.54, 1.807) is 55.6 Å². The molecule has 0 bridgehead atoms. The summed E-state index contributed by atoms with van der Waals surface area (Å²) in [6, 6.07) is 13.7. The zero-order valence-electron chi connectivity index (χ0n) is 15.8. The van der Waals surface area contributed by atoms with Crippen LogP contribution in [0.15, 0.2) is 53.3 Å². The van der Waals surface area contributed by atoms with E-state index in [-0.39, 0.29) is 31.1 Å². The van der Waals surface area contributed by atoms with E-state index < -0.39 is 5.91 Å². The van der Waals surface area contributed by atoms with E-state index >= 15 is 0 Å². The van der Waals surface area contributed by atoms with Crippen LogP contribution >= 0.6 is 11.6 Å². The molecule has 0 radical (unpaired) electrons. The van der Waals surface area contributed by atoms with Crippen molar-refractivity contribution in [3.8, 4) is 0 Å². The molecular formula is C20H21ClN5O3+. The fraction of sp³-hybridized carbons (Fsp3) is 0.200. The first-order valence-corrected chi connectivity index (χ1v) is 9.35. The van der Waals surface area contributed by atoms with Crippen molar-refractivity contribution in [2.75, 3.05) is 18.9 Å². The molecule has 8 nitrogen and oxygen atoms in total. The lowest BCUT2D eigenvalue weighted by atomic mass is 10.2. The molecule has 1 aromatic heterocycles. The number of quaternary nitrogens is 1. The van der Waals surface area contributed by atoms with Crippen molar-refractivity contribution in [1.82, 2.24) is 9.55 Å². The van der Waals surface area contributed by atoms with Gasteiger partial charge in [0.2, 0.25) is 5.91 Å². The number of nitrogens with zero attached hydrogens (tertiary/aromatic N) is 2. The highest BCUT2D eigenvalue weighted by atomic mass is 35.5. The van der Waals surface area contributed by atoms with Crippen LogP contribution < -0.4 is 21.5 Å². The second-order valence-corrected chi connectivity index (χ2v) is 7.20. The van der Waals surface area contributed by atoms with E-state index in [1.165, 1.54) is 4.57 Å². The molecule has 0 fully saturated rings. The molecule has 0 aliphatic carbocycles. The first-order chi connectivity index (χ1) is 13.8. The summed E-state index contributed by atoms with van der Waals surface area (Å²) >= 11 is 5.84. The number of halogens is 1. The number of carbonyl (C=O) groups excluding carboxylic acids is 2. The van der Waals surface area contributed by atoms with E-state index in [1.807, 2.05) is 0 Å². The van der Waals surface area contributed by atoms with Crippen LogP contribution in [0, 0.1) is 0 Å². The normalized spacial score (nSPS) is 11.9. The molecule has 0 aliphatic rings. The number of benzene rings is 2. The Balaban J connectivity index is 1.78. The van der Waals surface area contributed by atoms with Gasteiger partial charge < -0.3 is 16.0 Å². The van der Waals surface area contributed by atoms with Crippen molar-refractivity contribution in [2.24, 2.45) is 5.73 Å². The van der Waals surface area contributed by atoms with Crippen molar-refractivity contribution in [3.63, 3.8) is 0 Å². The van der Waals surface area contributed by atoms with Crippen LogP contribution in [-0.4, -0.2) is 35.0 Å². The van der Waals surface area contributed by atoms with Crippen molar-refractivity contribution in [1.29, 1.82) is 0 Å². The molecule has 3 rings (SSSR count). The fourth-order valence-corrected chi connectivity index (χ4v) is 3.14. The Labute approximate surface area is 171 Å². The molecule has 0 saturated heterocycles. The number of nitrogens with one attached hydrogen (secondary N) is 2. The Morgan fingerprint density at radius 2 is 1.86 bits per heavy atom. The fourth-order valence-electron chi connectivity index (χ4n) is 3.01. The predicted molar refractivity (Wildman–Crippen MR) is 111 cm³/mol. The molecular weight excluding hydrogens is 394 g/mol. The van der Waals surface area contributed by atoms with Gasteiger partial charge >= 0.3 is 0 Å². The van der Waals surface area contributed by atoms with Gasteiger partial charge in [0.05, 0.1) is 18.0 Å². The minimum Gasteiger partial charge on any atom is -0.368 e. The lowest BCUT2D eigenvalue weighted by molar-refractivity contribution is -0.886. The summed E-state index contributed by atoms with van der Waals surface area (Å²) in [7, 11) is 1.80. The number of likely N-dealkylation sites (N-methyl/N-ethyl adjacent to an activating group) is 1. The summed E-state index contributed by atoms with van der Waals surface area (Å²) in [6.07, 6.45) is 0. The van der Waals surface area contributed by atoms with Crippen LogP contribution in [-0.2, 0) is 22.7 Å². The quantitative estimate of drug-likeness (QED) is 0.512. The summed E-state index contributed by atoms with van der Waals surface area (Å²) in [5.41, 5.74) is 6.15. The Bertz CT molecular complexity index is 1110. The largest absolute Gasteiger partial charge is 0.368 e. The molecule has 0 spiro atoms. The molecule has 2 amide bonds. The smallest absolute Gasteiger partial charge is 0.279 e. The first kappa shape index (κ1) is 20.5. The summed E-state index contributed by atoms with van der Waals surface area (Å²) in [5.74, 6) is -0.442. The van der Waals surface area contributed by atoms with Gasteiger partial charge in [0.15, 0.2) is 12.4 Å². The number of hydrogen-bond acceptors (Lipinski definition) is 4. The zero-order valence-corrected chi connectivity index (χ0v) is 16.6. The summed E-state index contributed by atoms with van der Waals surface area (Å²) in [6.45, 7) is 0.138. The van der Waals surface area contributed by atoms with Crippen LogP contribution in [0.5, 0.6) is 0 Å². The van der Waals surface area contributed by atoms with Crippen LogP contribution in [0.4, 0.5) is 5.69 Å². The Morgan fingerprint density at radius 3 is 2.55 bits per heavy atom. The lowest BCUT2D eigenvalue weighted by Crippen LogP contribution is -3.09. The lowest BCUT2D eigenvalue weighted by Gasteiger charge is -2.17. The van der Waals surface area contributed by atoms with Crippen LogP contribution in [0.25, 0.3) is 10.9 Å². The Kier molecular flexibility index (Phi) is 6.26. The highest BCUT2D eigenvalue weighted by molar-refractivity contribution is 6.30. The Morgan fingerprint density at radius 1 is 1.17 bits per heavy atom. The van der Waals surface area contributed by atoms with Gasteiger partial charge in [0.25, 0.3) is 11.5 Å². The highest BCUT2D eigenvalue weighted by Crippen LogP contribution is 2.13. The minimum absolute atomic E-state index is 0.141. The molecule has 1 heterocycles. The number of carbonyl (C=O) groups is 2. The SMILES string of the molecule is C[NH+](CC(=O)Nc1ccc(Cl)cc1)Cc1nc2ccccc2c(=O)n1CC(N)=O. The topological polar surface area (TPSA) is 112 Å². The molecule has 29 heavy (non-hydrogen) atoms. The van der Waals surface area contributed by atoms with Crippen molar-refractivity contribution in [3.05, 3.63) is 69.7 Å². The van der Waals surface area contributed by atoms with Gasteiger partial charge in [-0.2, -0.15) is 0 Å². The van der Waals surface area contributed by atoms with E-state index in [9.17, 15) is 14.4 Å². The monoisotopic (exact) mass is 414 g/mol. The first-order valence-electron chi connectivity index (χ1n) is 8.97. The van der Waals surface area contributed by atoms with Gasteiger partial charge in [-0.25, -0.2) is 4.98 Å². The third-order valence-corrected chi connectivity index (χ3v) is 4.56. The van der Waals surface area contributed by atoms with Gasteiger partial charge in [-0.15, -0.1) is 0 Å². The van der Waals surface area contributed by atoms with Gasteiger partial charge in [0, 0.05) is 10.7 Å². The van der Waals surface area contributed by atoms with Crippen molar-refractivity contribution in [2.45, 2.75) is 13.1 Å². The van der Waals surface area contributed by atoms with Crippen LogP contribution in [0.1, 0.15) is 5.82 Å². The molecule has 1 atom stereocenters. The standard InChI is InChI=1S/C20H20ClN5O3/c1-25(12-19(28)23-14-8-6-13(21)7-9-14)11-18-24-16-5-3-2-4-15(16)20(29)26(18)10-17(22)27/h2-9H,10-12H2,1H3,(H2,22,27)(H,23,28)/p+1. The molecule has 9 heteroatoms. The third-order valence-electron chi connectivity index (χ3n) is 4.30. The number of anilines is 1. The number of fused-ring (bicyclic) bond motifs is 1. The number of hydrogen-bond donors (Lipinski definition) is 3. The predicted octanol–water partition coefficient (Wildman–Crippen LogP) is 0.189. The van der Waals surface area contributed by atoms with Crippen molar-refractivity contribution >= 4 is 40.0 Å². The van der Waals surface area contributed by atoms with Gasteiger partial charge in [0.1, 0.15) is 13.1 Å². The van der Waals surface area contributed by atoms with Crippen LogP contribution in [0.3, 0.4) is 0 Å². The molecule has 2 aromatic carbocycles. The van der Waals surface area contributed by atoms with Gasteiger partial charge in [-0.3, -0.25) is 19.0 Å². The number of para-hydroxylation sites is 1. The molecule has 4 N–H and O–H groups in total. The number of nitrogens with two attached hydrogens (primary N) is 1. The second kappa shape index (κ2) is 8.85. The number of amides is 2. The average molecular weight is 415 g/mol. The number of aromatic nitrogens is 2.